The van der Waals surface area contributed by atoms with E-state index in [0.717, 1.165) is 36.6 Å². The maximum Gasteiger partial charge on any atom is 0.145 e. The lowest BCUT2D eigenvalue weighted by atomic mass is 10.1. The van der Waals surface area contributed by atoms with Gasteiger partial charge in [0.2, 0.25) is 0 Å². The molecule has 0 aliphatic rings. The smallest absolute Gasteiger partial charge is 0.145 e. The molecular weight excluding hydrogens is 303 g/mol. The number of benzene rings is 2. The van der Waals surface area contributed by atoms with E-state index in [1.165, 1.54) is 17.7 Å². The Morgan fingerprint density at radius 1 is 0.875 bits per heavy atom. The summed E-state index contributed by atoms with van der Waals surface area (Å²) in [5.74, 6) is 1.32. The molecule has 0 amide bonds. The minimum absolute atomic E-state index is 0.194. The second-order valence-corrected chi connectivity index (χ2v) is 5.49. The second kappa shape index (κ2) is 8.22. The quantitative estimate of drug-likeness (QED) is 0.657. The van der Waals surface area contributed by atoms with Crippen molar-refractivity contribution in [2.75, 3.05) is 6.54 Å². The van der Waals surface area contributed by atoms with Crippen molar-refractivity contribution in [3.05, 3.63) is 90.0 Å². The number of aromatic nitrogens is 1. The molecule has 0 radical (unpaired) electrons. The van der Waals surface area contributed by atoms with Gasteiger partial charge in [-0.05, 0) is 60.5 Å². The minimum Gasteiger partial charge on any atom is -0.456 e. The second-order valence-electron chi connectivity index (χ2n) is 5.49. The van der Waals surface area contributed by atoms with E-state index in [-0.39, 0.29) is 5.82 Å². The third-order valence-corrected chi connectivity index (χ3v) is 3.63. The molecule has 1 N–H and O–H groups in total. The van der Waals surface area contributed by atoms with E-state index in [0.29, 0.717) is 0 Å². The molecule has 0 fully saturated rings. The van der Waals surface area contributed by atoms with Crippen LogP contribution in [0.15, 0.2) is 73.1 Å². The predicted molar refractivity (Wildman–Crippen MR) is 92.6 cm³/mol. The summed E-state index contributed by atoms with van der Waals surface area (Å²) in [6.45, 7) is 1.63. The zero-order valence-corrected chi connectivity index (χ0v) is 13.3. The van der Waals surface area contributed by atoms with Crippen molar-refractivity contribution in [1.29, 1.82) is 0 Å². The van der Waals surface area contributed by atoms with Crippen molar-refractivity contribution in [2.24, 2.45) is 0 Å². The molecule has 2 aromatic carbocycles. The van der Waals surface area contributed by atoms with Crippen molar-refractivity contribution in [3.63, 3.8) is 0 Å². The summed E-state index contributed by atoms with van der Waals surface area (Å²) >= 11 is 0. The van der Waals surface area contributed by atoms with Crippen LogP contribution in [0.4, 0.5) is 4.39 Å². The summed E-state index contributed by atoms with van der Waals surface area (Å²) in [7, 11) is 0. The van der Waals surface area contributed by atoms with E-state index in [4.69, 9.17) is 4.74 Å². The molecule has 3 nitrogen and oxygen atoms in total. The van der Waals surface area contributed by atoms with Crippen LogP contribution in [-0.2, 0) is 13.0 Å². The zero-order valence-electron chi connectivity index (χ0n) is 13.3. The van der Waals surface area contributed by atoms with Crippen LogP contribution in [0.25, 0.3) is 0 Å². The van der Waals surface area contributed by atoms with Crippen molar-refractivity contribution < 1.29 is 9.13 Å². The molecule has 1 aromatic heterocycles. The molecule has 0 aliphatic heterocycles. The highest BCUT2D eigenvalue weighted by atomic mass is 19.1. The largest absolute Gasteiger partial charge is 0.456 e. The monoisotopic (exact) mass is 322 g/mol. The van der Waals surface area contributed by atoms with Gasteiger partial charge in [-0.15, -0.1) is 0 Å². The number of halogens is 1. The predicted octanol–water partition coefficient (Wildman–Crippen LogP) is 4.35. The maximum atomic E-state index is 12.8. The summed E-state index contributed by atoms with van der Waals surface area (Å²) < 4.78 is 18.6. The summed E-state index contributed by atoms with van der Waals surface area (Å²) in [6.07, 6.45) is 4.28. The lowest BCUT2D eigenvalue weighted by molar-refractivity contribution is 0.480. The van der Waals surface area contributed by atoms with E-state index >= 15 is 0 Å². The molecule has 0 unspecified atom stereocenters. The number of ether oxygens (including phenoxy) is 1. The average Bonchev–Trinajstić information content (AvgIpc) is 2.62. The van der Waals surface area contributed by atoms with Gasteiger partial charge < -0.3 is 10.1 Å². The zero-order chi connectivity index (χ0) is 16.6. The number of nitrogens with zero attached hydrogens (tertiary/aromatic N) is 1. The Hall–Kier alpha value is -2.72. The first-order valence-corrected chi connectivity index (χ1v) is 7.91. The number of pyridine rings is 1. The molecule has 3 aromatic rings. The van der Waals surface area contributed by atoms with Gasteiger partial charge in [-0.3, -0.25) is 4.98 Å². The van der Waals surface area contributed by atoms with Crippen LogP contribution in [0, 0.1) is 5.82 Å². The van der Waals surface area contributed by atoms with Gasteiger partial charge in [-0.2, -0.15) is 0 Å². The molecule has 0 saturated heterocycles. The topological polar surface area (TPSA) is 34.1 Å². The SMILES string of the molecule is Fc1ccc(CCNCc2ccc(Oc3cccnc3)cc2)cc1. The van der Waals surface area contributed by atoms with Crippen LogP contribution in [-0.4, -0.2) is 11.5 Å². The first-order valence-electron chi connectivity index (χ1n) is 7.91. The van der Waals surface area contributed by atoms with Crippen LogP contribution in [0.5, 0.6) is 11.5 Å². The highest BCUT2D eigenvalue weighted by molar-refractivity contribution is 5.31. The van der Waals surface area contributed by atoms with Gasteiger partial charge in [0.25, 0.3) is 0 Å². The van der Waals surface area contributed by atoms with Crippen molar-refractivity contribution in [2.45, 2.75) is 13.0 Å². The van der Waals surface area contributed by atoms with Gasteiger partial charge >= 0.3 is 0 Å². The molecule has 0 bridgehead atoms. The van der Waals surface area contributed by atoms with E-state index in [1.54, 1.807) is 12.4 Å². The fourth-order valence-electron chi connectivity index (χ4n) is 2.34. The number of hydrogen-bond donors (Lipinski definition) is 1. The minimum atomic E-state index is -0.194. The van der Waals surface area contributed by atoms with Gasteiger partial charge in [-0.1, -0.05) is 24.3 Å². The molecule has 4 heteroatoms. The summed E-state index contributed by atoms with van der Waals surface area (Å²) in [4.78, 5) is 4.02. The third-order valence-electron chi connectivity index (χ3n) is 3.63. The van der Waals surface area contributed by atoms with Crippen molar-refractivity contribution in [3.8, 4) is 11.5 Å². The van der Waals surface area contributed by atoms with Crippen LogP contribution < -0.4 is 10.1 Å². The molecule has 0 atom stereocenters. The van der Waals surface area contributed by atoms with Crippen molar-refractivity contribution >= 4 is 0 Å². The van der Waals surface area contributed by atoms with Gasteiger partial charge in [0.05, 0.1) is 6.20 Å². The summed E-state index contributed by atoms with van der Waals surface area (Å²) in [5, 5.41) is 3.39. The third kappa shape index (κ3) is 4.89. The molecule has 122 valence electrons. The molecular formula is C20H19FN2O. The number of nitrogens with one attached hydrogen (secondary N) is 1. The van der Waals surface area contributed by atoms with Crippen LogP contribution >= 0.6 is 0 Å². The van der Waals surface area contributed by atoms with E-state index in [2.05, 4.69) is 10.3 Å². The highest BCUT2D eigenvalue weighted by Gasteiger charge is 1.99. The fraction of sp³-hybridized carbons (Fsp3) is 0.150. The summed E-state index contributed by atoms with van der Waals surface area (Å²) in [5.41, 5.74) is 2.32. The van der Waals surface area contributed by atoms with Gasteiger partial charge in [0.1, 0.15) is 17.3 Å². The number of rotatable bonds is 7. The number of hydrogen-bond acceptors (Lipinski definition) is 3. The highest BCUT2D eigenvalue weighted by Crippen LogP contribution is 2.20. The Bertz CT molecular complexity index is 743. The first kappa shape index (κ1) is 16.1. The lowest BCUT2D eigenvalue weighted by Gasteiger charge is -2.08. The summed E-state index contributed by atoms with van der Waals surface area (Å²) in [6, 6.07) is 18.3. The Labute approximate surface area is 141 Å². The standard InChI is InChI=1S/C20H19FN2O/c21-18-7-3-16(4-8-18)11-13-23-14-17-5-9-19(10-6-17)24-20-2-1-12-22-15-20/h1-10,12,15,23H,11,13-14H2. The molecule has 0 saturated carbocycles. The van der Waals surface area contributed by atoms with Crippen LogP contribution in [0.3, 0.4) is 0 Å². The molecule has 3 rings (SSSR count). The van der Waals surface area contributed by atoms with Gasteiger partial charge in [0, 0.05) is 12.7 Å². The molecule has 24 heavy (non-hydrogen) atoms. The van der Waals surface area contributed by atoms with Gasteiger partial charge in [-0.25, -0.2) is 4.39 Å². The Morgan fingerprint density at radius 2 is 1.62 bits per heavy atom. The fourth-order valence-corrected chi connectivity index (χ4v) is 2.34. The van der Waals surface area contributed by atoms with Crippen LogP contribution in [0.2, 0.25) is 0 Å². The molecule has 0 aliphatic carbocycles. The maximum absolute atomic E-state index is 12.8. The van der Waals surface area contributed by atoms with E-state index in [9.17, 15) is 4.39 Å². The molecule has 1 heterocycles. The Kier molecular flexibility index (Phi) is 5.53. The first-order chi connectivity index (χ1) is 11.8. The Balaban J connectivity index is 1.43. The lowest BCUT2D eigenvalue weighted by Crippen LogP contribution is -2.16. The van der Waals surface area contributed by atoms with Crippen LogP contribution in [0.1, 0.15) is 11.1 Å². The Morgan fingerprint density at radius 3 is 2.33 bits per heavy atom. The normalized spacial score (nSPS) is 10.5. The van der Waals surface area contributed by atoms with E-state index in [1.807, 2.05) is 48.5 Å². The molecule has 0 spiro atoms. The van der Waals surface area contributed by atoms with Crippen molar-refractivity contribution in [1.82, 2.24) is 10.3 Å². The average molecular weight is 322 g/mol. The van der Waals surface area contributed by atoms with Gasteiger partial charge in [0.15, 0.2) is 0 Å². The van der Waals surface area contributed by atoms with E-state index < -0.39 is 0 Å².